The molecule has 2 rings (SSSR count). The highest BCUT2D eigenvalue weighted by molar-refractivity contribution is 5.29. The Morgan fingerprint density at radius 3 is 2.15 bits per heavy atom. The molecule has 0 aliphatic carbocycles. The standard InChI is InChI=1S/C18H23NO/c1-13-6-5-7-17(12-13)15(3)19-14(2)16-8-10-18(20-4)11-9-16/h5-12,14-15,19H,1-4H3/t14-,15?/m0/s1. The van der Waals surface area contributed by atoms with Gasteiger partial charge in [0.25, 0.3) is 0 Å². The zero-order chi connectivity index (χ0) is 14.5. The SMILES string of the molecule is COc1ccc([C@H](C)NC(C)c2cccc(C)c2)cc1. The summed E-state index contributed by atoms with van der Waals surface area (Å²) in [6.45, 7) is 6.52. The first-order valence-corrected chi connectivity index (χ1v) is 7.06. The average Bonchev–Trinajstić information content (AvgIpc) is 2.47. The van der Waals surface area contributed by atoms with Crippen molar-refractivity contribution in [3.05, 3.63) is 65.2 Å². The molecule has 2 nitrogen and oxygen atoms in total. The van der Waals surface area contributed by atoms with Crippen molar-refractivity contribution in [1.82, 2.24) is 5.32 Å². The smallest absolute Gasteiger partial charge is 0.118 e. The second-order valence-corrected chi connectivity index (χ2v) is 5.30. The number of benzene rings is 2. The van der Waals surface area contributed by atoms with Gasteiger partial charge in [-0.05, 0) is 44.0 Å². The van der Waals surface area contributed by atoms with Crippen molar-refractivity contribution in [2.24, 2.45) is 0 Å². The molecule has 2 heteroatoms. The molecule has 2 atom stereocenters. The lowest BCUT2D eigenvalue weighted by molar-refractivity contribution is 0.414. The minimum atomic E-state index is 0.302. The van der Waals surface area contributed by atoms with E-state index in [9.17, 15) is 0 Å². The van der Waals surface area contributed by atoms with Crippen LogP contribution in [-0.4, -0.2) is 7.11 Å². The Morgan fingerprint density at radius 1 is 0.900 bits per heavy atom. The van der Waals surface area contributed by atoms with Crippen molar-refractivity contribution in [3.63, 3.8) is 0 Å². The van der Waals surface area contributed by atoms with Crippen molar-refractivity contribution >= 4 is 0 Å². The van der Waals surface area contributed by atoms with E-state index >= 15 is 0 Å². The molecule has 0 saturated heterocycles. The van der Waals surface area contributed by atoms with Crippen LogP contribution in [0.4, 0.5) is 0 Å². The molecule has 20 heavy (non-hydrogen) atoms. The van der Waals surface area contributed by atoms with Crippen LogP contribution in [0.1, 0.15) is 42.6 Å². The molecule has 2 aromatic rings. The summed E-state index contributed by atoms with van der Waals surface area (Å²) in [5.74, 6) is 0.896. The Labute approximate surface area is 121 Å². The molecular formula is C18H23NO. The van der Waals surface area contributed by atoms with Crippen LogP contribution in [0.25, 0.3) is 0 Å². The fourth-order valence-corrected chi connectivity index (χ4v) is 2.40. The molecule has 0 heterocycles. The van der Waals surface area contributed by atoms with Crippen LogP contribution >= 0.6 is 0 Å². The summed E-state index contributed by atoms with van der Waals surface area (Å²) in [6.07, 6.45) is 0. The van der Waals surface area contributed by atoms with Gasteiger partial charge in [-0.3, -0.25) is 0 Å². The lowest BCUT2D eigenvalue weighted by Gasteiger charge is -2.21. The second kappa shape index (κ2) is 6.58. The van der Waals surface area contributed by atoms with Gasteiger partial charge in [0, 0.05) is 12.1 Å². The van der Waals surface area contributed by atoms with Gasteiger partial charge in [0.1, 0.15) is 5.75 Å². The van der Waals surface area contributed by atoms with E-state index in [0.29, 0.717) is 12.1 Å². The summed E-state index contributed by atoms with van der Waals surface area (Å²) in [6, 6.07) is 17.5. The number of hydrogen-bond acceptors (Lipinski definition) is 2. The van der Waals surface area contributed by atoms with Gasteiger partial charge in [0.15, 0.2) is 0 Å². The third-order valence-corrected chi connectivity index (χ3v) is 3.66. The number of methoxy groups -OCH3 is 1. The molecule has 0 aromatic heterocycles. The van der Waals surface area contributed by atoms with Crippen molar-refractivity contribution in [1.29, 1.82) is 0 Å². The zero-order valence-corrected chi connectivity index (χ0v) is 12.7. The largest absolute Gasteiger partial charge is 0.497 e. The zero-order valence-electron chi connectivity index (χ0n) is 12.7. The normalized spacial score (nSPS) is 13.8. The van der Waals surface area contributed by atoms with Crippen molar-refractivity contribution < 1.29 is 4.74 Å². The van der Waals surface area contributed by atoms with Crippen LogP contribution < -0.4 is 10.1 Å². The number of aryl methyl sites for hydroxylation is 1. The molecule has 1 unspecified atom stereocenters. The Morgan fingerprint density at radius 2 is 1.55 bits per heavy atom. The minimum absolute atomic E-state index is 0.302. The van der Waals surface area contributed by atoms with Crippen molar-refractivity contribution in [2.75, 3.05) is 7.11 Å². The van der Waals surface area contributed by atoms with Crippen LogP contribution in [0.5, 0.6) is 5.75 Å². The monoisotopic (exact) mass is 269 g/mol. The summed E-state index contributed by atoms with van der Waals surface area (Å²) >= 11 is 0. The van der Waals surface area contributed by atoms with E-state index in [1.165, 1.54) is 16.7 Å². The number of ether oxygens (including phenoxy) is 1. The van der Waals surface area contributed by atoms with E-state index in [2.05, 4.69) is 62.5 Å². The minimum Gasteiger partial charge on any atom is -0.497 e. The second-order valence-electron chi connectivity index (χ2n) is 5.30. The summed E-state index contributed by atoms with van der Waals surface area (Å²) in [4.78, 5) is 0. The van der Waals surface area contributed by atoms with Crippen LogP contribution in [0.2, 0.25) is 0 Å². The molecule has 106 valence electrons. The fraction of sp³-hybridized carbons (Fsp3) is 0.333. The van der Waals surface area contributed by atoms with E-state index in [-0.39, 0.29) is 0 Å². The average molecular weight is 269 g/mol. The Balaban J connectivity index is 2.04. The van der Waals surface area contributed by atoms with Gasteiger partial charge in [-0.25, -0.2) is 0 Å². The van der Waals surface area contributed by atoms with Gasteiger partial charge in [0.05, 0.1) is 7.11 Å². The van der Waals surface area contributed by atoms with Crippen LogP contribution in [-0.2, 0) is 0 Å². The predicted molar refractivity (Wildman–Crippen MR) is 84.1 cm³/mol. The molecule has 2 aromatic carbocycles. The number of rotatable bonds is 5. The quantitative estimate of drug-likeness (QED) is 0.867. The first kappa shape index (κ1) is 14.6. The van der Waals surface area contributed by atoms with E-state index in [4.69, 9.17) is 4.74 Å². The van der Waals surface area contributed by atoms with Gasteiger partial charge >= 0.3 is 0 Å². The van der Waals surface area contributed by atoms with Gasteiger partial charge < -0.3 is 10.1 Å². The Kier molecular flexibility index (Phi) is 4.80. The van der Waals surface area contributed by atoms with E-state index < -0.39 is 0 Å². The first-order valence-electron chi connectivity index (χ1n) is 7.06. The maximum atomic E-state index is 5.19. The highest BCUT2D eigenvalue weighted by atomic mass is 16.5. The van der Waals surface area contributed by atoms with Crippen LogP contribution in [0.3, 0.4) is 0 Å². The predicted octanol–water partition coefficient (Wildman–Crippen LogP) is 4.42. The Hall–Kier alpha value is -1.80. The summed E-state index contributed by atoms with van der Waals surface area (Å²) in [5, 5.41) is 3.64. The molecular weight excluding hydrogens is 246 g/mol. The Bertz CT molecular complexity index is 548. The molecule has 0 aliphatic heterocycles. The third kappa shape index (κ3) is 3.61. The molecule has 0 spiro atoms. The first-order chi connectivity index (χ1) is 9.60. The lowest BCUT2D eigenvalue weighted by atomic mass is 10.0. The molecule has 0 aliphatic rings. The van der Waals surface area contributed by atoms with Crippen LogP contribution in [0.15, 0.2) is 48.5 Å². The van der Waals surface area contributed by atoms with Gasteiger partial charge in [-0.1, -0.05) is 42.0 Å². The summed E-state index contributed by atoms with van der Waals surface area (Å²) < 4.78 is 5.19. The van der Waals surface area contributed by atoms with E-state index in [1.54, 1.807) is 7.11 Å². The number of hydrogen-bond donors (Lipinski definition) is 1. The van der Waals surface area contributed by atoms with E-state index in [0.717, 1.165) is 5.75 Å². The van der Waals surface area contributed by atoms with Crippen LogP contribution in [0, 0.1) is 6.92 Å². The van der Waals surface area contributed by atoms with Gasteiger partial charge in [-0.2, -0.15) is 0 Å². The highest BCUT2D eigenvalue weighted by Gasteiger charge is 2.11. The maximum absolute atomic E-state index is 5.19. The van der Waals surface area contributed by atoms with E-state index in [1.807, 2.05) is 12.1 Å². The van der Waals surface area contributed by atoms with Crippen molar-refractivity contribution in [3.8, 4) is 5.75 Å². The maximum Gasteiger partial charge on any atom is 0.118 e. The molecule has 0 fully saturated rings. The molecule has 0 bridgehead atoms. The number of nitrogens with one attached hydrogen (secondary N) is 1. The lowest BCUT2D eigenvalue weighted by Crippen LogP contribution is -2.22. The fourth-order valence-electron chi connectivity index (χ4n) is 2.40. The summed E-state index contributed by atoms with van der Waals surface area (Å²) in [7, 11) is 1.69. The molecule has 0 amide bonds. The van der Waals surface area contributed by atoms with Gasteiger partial charge in [-0.15, -0.1) is 0 Å². The third-order valence-electron chi connectivity index (χ3n) is 3.66. The topological polar surface area (TPSA) is 21.3 Å². The molecule has 0 saturated carbocycles. The summed E-state index contributed by atoms with van der Waals surface area (Å²) in [5.41, 5.74) is 3.89. The molecule has 1 N–H and O–H groups in total. The van der Waals surface area contributed by atoms with Gasteiger partial charge in [0.2, 0.25) is 0 Å². The molecule has 0 radical (unpaired) electrons. The van der Waals surface area contributed by atoms with Crippen molar-refractivity contribution in [2.45, 2.75) is 32.9 Å². The highest BCUT2D eigenvalue weighted by Crippen LogP contribution is 2.21.